The molecule has 2 aliphatic rings. The maximum absolute atomic E-state index is 12.8. The number of aliphatic imine (C=N–C) groups is 2. The Labute approximate surface area is 185 Å². The van der Waals surface area contributed by atoms with E-state index in [2.05, 4.69) is 51.9 Å². The molecule has 166 valence electrons. The second-order valence-electron chi connectivity index (χ2n) is 8.97. The molecule has 2 saturated heterocycles. The summed E-state index contributed by atoms with van der Waals surface area (Å²) in [7, 11) is 2.13. The van der Waals surface area contributed by atoms with E-state index in [1.54, 1.807) is 12.3 Å². The van der Waals surface area contributed by atoms with Gasteiger partial charge in [-0.25, -0.2) is 0 Å². The van der Waals surface area contributed by atoms with Crippen LogP contribution in [0.2, 0.25) is 0 Å². The van der Waals surface area contributed by atoms with Crippen molar-refractivity contribution in [1.29, 1.82) is 5.26 Å². The summed E-state index contributed by atoms with van der Waals surface area (Å²) in [5.74, 6) is 1.02. The third-order valence-corrected chi connectivity index (χ3v) is 6.23. The highest BCUT2D eigenvalue weighted by Crippen LogP contribution is 2.41. The van der Waals surface area contributed by atoms with Crippen LogP contribution in [-0.4, -0.2) is 63.0 Å². The minimum Gasteiger partial charge on any atom is -0.367 e. The first-order valence-corrected chi connectivity index (χ1v) is 11.2. The van der Waals surface area contributed by atoms with E-state index in [0.29, 0.717) is 41.7 Å². The van der Waals surface area contributed by atoms with Crippen LogP contribution in [0.5, 0.6) is 0 Å². The normalized spacial score (nSPS) is 24.7. The number of carbonyl (C=O) groups is 1. The molecule has 0 aromatic heterocycles. The molecule has 1 unspecified atom stereocenters. The quantitative estimate of drug-likeness (QED) is 0.709. The van der Waals surface area contributed by atoms with Crippen molar-refractivity contribution < 1.29 is 4.79 Å². The molecule has 2 fully saturated rings. The number of nitriles is 1. The number of piperidine rings is 2. The highest BCUT2D eigenvalue weighted by molar-refractivity contribution is 5.86. The van der Waals surface area contributed by atoms with E-state index in [4.69, 9.17) is 0 Å². The number of carbonyl (C=O) groups excluding carboxylic acids is 1. The lowest BCUT2D eigenvalue weighted by Gasteiger charge is -2.39. The molecule has 0 bridgehead atoms. The summed E-state index contributed by atoms with van der Waals surface area (Å²) in [5.41, 5.74) is 2.57. The summed E-state index contributed by atoms with van der Waals surface area (Å²) < 4.78 is 0. The first kappa shape index (κ1) is 23.0. The molecule has 7 heteroatoms. The number of amides is 1. The lowest BCUT2D eigenvalue weighted by molar-refractivity contribution is -0.123. The molecule has 1 aromatic carbocycles. The molecule has 0 saturated carbocycles. The van der Waals surface area contributed by atoms with Crippen molar-refractivity contribution in [1.82, 2.24) is 10.2 Å². The Bertz CT molecular complexity index is 874. The number of hydrogen-bond acceptors (Lipinski definition) is 6. The average molecular weight is 423 g/mol. The van der Waals surface area contributed by atoms with Crippen LogP contribution < -0.4 is 10.2 Å². The zero-order chi connectivity index (χ0) is 22.4. The third kappa shape index (κ3) is 5.71. The maximum Gasteiger partial charge on any atom is 0.220 e. The lowest BCUT2D eigenvalue weighted by atomic mass is 9.93. The molecule has 3 atom stereocenters. The highest BCUT2D eigenvalue weighted by Gasteiger charge is 2.29. The van der Waals surface area contributed by atoms with Crippen molar-refractivity contribution in [3.8, 4) is 6.07 Å². The summed E-state index contributed by atoms with van der Waals surface area (Å²) in [4.78, 5) is 25.9. The van der Waals surface area contributed by atoms with Gasteiger partial charge < -0.3 is 15.1 Å². The molecule has 0 aliphatic carbocycles. The summed E-state index contributed by atoms with van der Waals surface area (Å²) >= 11 is 0. The molecule has 31 heavy (non-hydrogen) atoms. The Morgan fingerprint density at radius 2 is 2.16 bits per heavy atom. The first-order chi connectivity index (χ1) is 14.9. The van der Waals surface area contributed by atoms with Gasteiger partial charge in [-0.15, -0.1) is 0 Å². The monoisotopic (exact) mass is 422 g/mol. The van der Waals surface area contributed by atoms with Crippen LogP contribution in [0.25, 0.3) is 0 Å². The van der Waals surface area contributed by atoms with E-state index in [9.17, 15) is 10.1 Å². The standard InChI is InChI=1S/C24H34N6O/c1-5-27-23-19(13-25)8-9-21(24(23)26-3)30-14-17(2)11-20(16-30)28-22(31)12-18-7-6-10-29(4)15-18/h5,8-9,17-18,20H,3,6-7,10-12,14-16H2,1-2,4H3,(H,28,31)/t17-,18?,20+/m0/s1. The minimum atomic E-state index is 0.0870. The predicted octanol–water partition coefficient (Wildman–Crippen LogP) is 3.68. The van der Waals surface area contributed by atoms with Gasteiger partial charge in [-0.3, -0.25) is 14.8 Å². The summed E-state index contributed by atoms with van der Waals surface area (Å²) in [6, 6.07) is 5.99. The van der Waals surface area contributed by atoms with Crippen LogP contribution in [0.3, 0.4) is 0 Å². The first-order valence-electron chi connectivity index (χ1n) is 11.2. The summed E-state index contributed by atoms with van der Waals surface area (Å²) in [6.07, 6.45) is 5.52. The number of likely N-dealkylation sites (tertiary alicyclic amines) is 1. The molecule has 1 N–H and O–H groups in total. The van der Waals surface area contributed by atoms with Gasteiger partial charge in [0.1, 0.15) is 17.4 Å². The Morgan fingerprint density at radius 3 is 2.84 bits per heavy atom. The van der Waals surface area contributed by atoms with Crippen LogP contribution >= 0.6 is 0 Å². The molecule has 7 nitrogen and oxygen atoms in total. The fraction of sp³-hybridized carbons (Fsp3) is 0.583. The van der Waals surface area contributed by atoms with E-state index in [1.165, 1.54) is 6.42 Å². The Hall–Kier alpha value is -2.72. The summed E-state index contributed by atoms with van der Waals surface area (Å²) in [6.45, 7) is 11.5. The Kier molecular flexibility index (Phi) is 7.80. The molecule has 2 heterocycles. The van der Waals surface area contributed by atoms with Gasteiger partial charge in [0.25, 0.3) is 0 Å². The number of benzene rings is 1. The Balaban J connectivity index is 1.73. The molecular weight excluding hydrogens is 388 g/mol. The van der Waals surface area contributed by atoms with Crippen LogP contribution in [0.1, 0.15) is 45.1 Å². The predicted molar refractivity (Wildman–Crippen MR) is 127 cm³/mol. The lowest BCUT2D eigenvalue weighted by Crippen LogP contribution is -2.51. The zero-order valence-electron chi connectivity index (χ0n) is 19.0. The largest absolute Gasteiger partial charge is 0.367 e. The number of anilines is 1. The third-order valence-electron chi connectivity index (χ3n) is 6.23. The molecule has 0 spiro atoms. The van der Waals surface area contributed by atoms with Gasteiger partial charge in [0.05, 0.1) is 11.3 Å². The molecule has 0 radical (unpaired) electrons. The molecular formula is C24H34N6O. The van der Waals surface area contributed by atoms with Gasteiger partial charge in [-0.2, -0.15) is 5.26 Å². The van der Waals surface area contributed by atoms with Gasteiger partial charge in [0.15, 0.2) is 0 Å². The topological polar surface area (TPSA) is 84.1 Å². The second kappa shape index (κ2) is 10.5. The fourth-order valence-corrected chi connectivity index (χ4v) is 4.97. The smallest absolute Gasteiger partial charge is 0.220 e. The van der Waals surface area contributed by atoms with Crippen molar-refractivity contribution in [2.45, 2.75) is 45.6 Å². The van der Waals surface area contributed by atoms with Crippen molar-refractivity contribution in [2.24, 2.45) is 21.8 Å². The maximum atomic E-state index is 12.8. The molecule has 3 rings (SSSR count). The van der Waals surface area contributed by atoms with E-state index < -0.39 is 0 Å². The van der Waals surface area contributed by atoms with E-state index in [1.807, 2.05) is 13.0 Å². The van der Waals surface area contributed by atoms with E-state index in [-0.39, 0.29) is 11.9 Å². The zero-order valence-corrected chi connectivity index (χ0v) is 19.0. The van der Waals surface area contributed by atoms with Gasteiger partial charge in [0.2, 0.25) is 5.91 Å². The highest BCUT2D eigenvalue weighted by atomic mass is 16.1. The van der Waals surface area contributed by atoms with E-state index in [0.717, 1.165) is 38.2 Å². The number of rotatable bonds is 6. The molecule has 1 aromatic rings. The summed E-state index contributed by atoms with van der Waals surface area (Å²) in [5, 5.41) is 12.7. The van der Waals surface area contributed by atoms with Gasteiger partial charge in [-0.1, -0.05) is 6.92 Å². The van der Waals surface area contributed by atoms with E-state index >= 15 is 0 Å². The van der Waals surface area contributed by atoms with Crippen molar-refractivity contribution in [3.63, 3.8) is 0 Å². The van der Waals surface area contributed by atoms with Gasteiger partial charge in [-0.05, 0) is 70.5 Å². The van der Waals surface area contributed by atoms with Crippen molar-refractivity contribution in [3.05, 3.63) is 17.7 Å². The molecule has 1 amide bonds. The number of nitrogens with zero attached hydrogens (tertiary/aromatic N) is 5. The SMILES string of the molecule is C=Nc1c(N2C[C@@H](C)C[C@@H](NC(=O)CC3CCCN(C)C3)C2)ccc(C#N)c1N=CC. The van der Waals surface area contributed by atoms with Gasteiger partial charge >= 0.3 is 0 Å². The fourth-order valence-electron chi connectivity index (χ4n) is 4.97. The Morgan fingerprint density at radius 1 is 1.35 bits per heavy atom. The van der Waals surface area contributed by atoms with Crippen molar-refractivity contribution in [2.75, 3.05) is 38.1 Å². The van der Waals surface area contributed by atoms with Crippen molar-refractivity contribution >= 4 is 35.9 Å². The van der Waals surface area contributed by atoms with Gasteiger partial charge in [0, 0.05) is 38.3 Å². The minimum absolute atomic E-state index is 0.0870. The van der Waals surface area contributed by atoms with Crippen LogP contribution in [0.4, 0.5) is 17.1 Å². The second-order valence-corrected chi connectivity index (χ2v) is 8.97. The average Bonchev–Trinajstić information content (AvgIpc) is 2.73. The number of nitrogens with one attached hydrogen (secondary N) is 1. The molecule has 2 aliphatic heterocycles. The van der Waals surface area contributed by atoms with Crippen LogP contribution in [0.15, 0.2) is 22.1 Å². The number of hydrogen-bond donors (Lipinski definition) is 1. The van der Waals surface area contributed by atoms with Crippen LogP contribution in [-0.2, 0) is 4.79 Å². The van der Waals surface area contributed by atoms with Crippen LogP contribution in [0, 0.1) is 23.2 Å².